The van der Waals surface area contributed by atoms with Crippen LogP contribution < -0.4 is 5.32 Å². The maximum atomic E-state index is 6.12. The van der Waals surface area contributed by atoms with Gasteiger partial charge < -0.3 is 10.3 Å². The predicted octanol–water partition coefficient (Wildman–Crippen LogP) is 3.32. The Kier molecular flexibility index (Phi) is 4.02. The van der Waals surface area contributed by atoms with Crippen LogP contribution in [0.1, 0.15) is 5.82 Å². The first-order valence-electron chi connectivity index (χ1n) is 4.84. The van der Waals surface area contributed by atoms with Gasteiger partial charge in [-0.3, -0.25) is 0 Å². The summed E-state index contributed by atoms with van der Waals surface area (Å²) >= 11 is 11.2. The average molecular weight is 321 g/mol. The maximum absolute atomic E-state index is 6.12. The molecule has 2 rings (SSSR count). The number of halogens is 2. The van der Waals surface area contributed by atoms with Crippen molar-refractivity contribution in [2.75, 3.05) is 13.6 Å². The highest BCUT2D eigenvalue weighted by Gasteiger charge is 2.11. The summed E-state index contributed by atoms with van der Waals surface area (Å²) in [6.07, 6.45) is 0.850. The Balaban J connectivity index is 2.24. The predicted molar refractivity (Wildman–Crippen MR) is 72.2 cm³/mol. The third-order valence-electron chi connectivity index (χ3n) is 2.12. The van der Waals surface area contributed by atoms with Crippen LogP contribution in [0.15, 0.2) is 15.9 Å². The zero-order chi connectivity index (χ0) is 11.5. The summed E-state index contributed by atoms with van der Waals surface area (Å²) in [7, 11) is 1.92. The SMILES string of the molecule is CNCCc1nc(-c2cc(Br)cs2)c(Cl)[nH]1. The van der Waals surface area contributed by atoms with Crippen LogP contribution in [0.2, 0.25) is 5.15 Å². The van der Waals surface area contributed by atoms with Crippen LogP contribution in [-0.4, -0.2) is 23.6 Å². The molecule has 0 aliphatic carbocycles. The van der Waals surface area contributed by atoms with Gasteiger partial charge in [0, 0.05) is 22.8 Å². The van der Waals surface area contributed by atoms with Crippen molar-refractivity contribution >= 4 is 38.9 Å². The maximum Gasteiger partial charge on any atom is 0.135 e. The highest BCUT2D eigenvalue weighted by molar-refractivity contribution is 9.10. The smallest absolute Gasteiger partial charge is 0.135 e. The van der Waals surface area contributed by atoms with Crippen molar-refractivity contribution < 1.29 is 0 Å². The molecular weight excluding hydrogens is 310 g/mol. The first-order valence-corrected chi connectivity index (χ1v) is 6.89. The van der Waals surface area contributed by atoms with Crippen molar-refractivity contribution in [3.05, 3.63) is 26.9 Å². The van der Waals surface area contributed by atoms with E-state index in [0.717, 1.165) is 33.8 Å². The first kappa shape index (κ1) is 12.1. The molecule has 0 atom stereocenters. The number of hydrogen-bond donors (Lipinski definition) is 2. The molecule has 3 nitrogen and oxygen atoms in total. The second kappa shape index (κ2) is 5.31. The van der Waals surface area contributed by atoms with Crippen LogP contribution in [0.3, 0.4) is 0 Å². The number of H-pyrrole nitrogens is 1. The monoisotopic (exact) mass is 319 g/mol. The van der Waals surface area contributed by atoms with Gasteiger partial charge in [0.2, 0.25) is 0 Å². The summed E-state index contributed by atoms with van der Waals surface area (Å²) in [5, 5.41) is 5.71. The summed E-state index contributed by atoms with van der Waals surface area (Å²) in [5.41, 5.74) is 0.837. The van der Waals surface area contributed by atoms with E-state index in [-0.39, 0.29) is 0 Å². The topological polar surface area (TPSA) is 40.7 Å². The van der Waals surface area contributed by atoms with Gasteiger partial charge in [0.15, 0.2) is 0 Å². The van der Waals surface area contributed by atoms with E-state index in [1.165, 1.54) is 0 Å². The Hall–Kier alpha value is -0.360. The molecule has 0 fully saturated rings. The van der Waals surface area contributed by atoms with Gasteiger partial charge in [-0.2, -0.15) is 0 Å². The number of aromatic nitrogens is 2. The van der Waals surface area contributed by atoms with Crippen molar-refractivity contribution in [3.8, 4) is 10.6 Å². The Labute approximate surface area is 111 Å². The number of thiophene rings is 1. The van der Waals surface area contributed by atoms with Gasteiger partial charge in [-0.05, 0) is 29.0 Å². The van der Waals surface area contributed by atoms with Crippen LogP contribution in [-0.2, 0) is 6.42 Å². The molecule has 0 unspecified atom stereocenters. The average Bonchev–Trinajstić information content (AvgIpc) is 2.82. The molecule has 2 aromatic rings. The van der Waals surface area contributed by atoms with Gasteiger partial charge in [0.25, 0.3) is 0 Å². The van der Waals surface area contributed by atoms with E-state index in [1.54, 1.807) is 11.3 Å². The molecule has 0 aliphatic heterocycles. The number of aromatic amines is 1. The summed E-state index contributed by atoms with van der Waals surface area (Å²) in [6, 6.07) is 2.02. The van der Waals surface area contributed by atoms with Gasteiger partial charge in [-0.25, -0.2) is 4.98 Å². The van der Waals surface area contributed by atoms with Gasteiger partial charge in [0.05, 0.1) is 4.88 Å². The van der Waals surface area contributed by atoms with E-state index in [2.05, 4.69) is 31.2 Å². The van der Waals surface area contributed by atoms with Crippen LogP contribution in [0.4, 0.5) is 0 Å². The van der Waals surface area contributed by atoms with E-state index >= 15 is 0 Å². The number of rotatable bonds is 4. The lowest BCUT2D eigenvalue weighted by molar-refractivity contribution is 0.764. The molecule has 0 amide bonds. The Morgan fingerprint density at radius 1 is 1.62 bits per heavy atom. The van der Waals surface area contributed by atoms with Gasteiger partial charge in [-0.15, -0.1) is 11.3 Å². The minimum Gasteiger partial charge on any atom is -0.332 e. The lowest BCUT2D eigenvalue weighted by Gasteiger charge is -1.93. The Morgan fingerprint density at radius 2 is 2.44 bits per heavy atom. The van der Waals surface area contributed by atoms with E-state index < -0.39 is 0 Å². The normalized spacial score (nSPS) is 10.9. The second-order valence-electron chi connectivity index (χ2n) is 3.33. The fourth-order valence-electron chi connectivity index (χ4n) is 1.36. The lowest BCUT2D eigenvalue weighted by atomic mass is 10.4. The number of nitrogens with one attached hydrogen (secondary N) is 2. The Bertz CT molecular complexity index is 480. The third-order valence-corrected chi connectivity index (χ3v) is 4.09. The molecule has 0 aromatic carbocycles. The third kappa shape index (κ3) is 2.66. The number of hydrogen-bond acceptors (Lipinski definition) is 3. The fourth-order valence-corrected chi connectivity index (χ4v) is 3.09. The van der Waals surface area contributed by atoms with Crippen molar-refractivity contribution in [1.29, 1.82) is 0 Å². The molecule has 16 heavy (non-hydrogen) atoms. The molecule has 0 spiro atoms. The summed E-state index contributed by atoms with van der Waals surface area (Å²) in [5.74, 6) is 0.916. The van der Waals surface area contributed by atoms with Crippen LogP contribution in [0, 0.1) is 0 Å². The molecule has 0 saturated heterocycles. The standard InChI is InChI=1S/C10H11BrClN3S/c1-13-3-2-8-14-9(10(12)15-8)7-4-6(11)5-16-7/h4-5,13H,2-3H2,1H3,(H,14,15). The van der Waals surface area contributed by atoms with Crippen molar-refractivity contribution in [2.45, 2.75) is 6.42 Å². The minimum absolute atomic E-state index is 0.612. The molecule has 0 bridgehead atoms. The molecule has 0 aliphatic rings. The van der Waals surface area contributed by atoms with E-state index in [0.29, 0.717) is 5.15 Å². The highest BCUT2D eigenvalue weighted by Crippen LogP contribution is 2.32. The minimum atomic E-state index is 0.612. The van der Waals surface area contributed by atoms with Gasteiger partial charge in [-0.1, -0.05) is 11.6 Å². The van der Waals surface area contributed by atoms with Gasteiger partial charge in [0.1, 0.15) is 16.7 Å². The first-order chi connectivity index (χ1) is 7.70. The lowest BCUT2D eigenvalue weighted by Crippen LogP contribution is -2.11. The van der Waals surface area contributed by atoms with Crippen LogP contribution in [0.25, 0.3) is 10.6 Å². The van der Waals surface area contributed by atoms with Crippen LogP contribution >= 0.6 is 38.9 Å². The molecular formula is C10H11BrClN3S. The number of nitrogens with zero attached hydrogens (tertiary/aromatic N) is 1. The molecule has 2 heterocycles. The molecule has 86 valence electrons. The largest absolute Gasteiger partial charge is 0.332 e. The second-order valence-corrected chi connectivity index (χ2v) is 5.53. The van der Waals surface area contributed by atoms with Crippen molar-refractivity contribution in [2.24, 2.45) is 0 Å². The summed E-state index contributed by atoms with van der Waals surface area (Å²) in [4.78, 5) is 8.66. The fraction of sp³-hybridized carbons (Fsp3) is 0.300. The van der Waals surface area contributed by atoms with Crippen molar-refractivity contribution in [1.82, 2.24) is 15.3 Å². The van der Waals surface area contributed by atoms with E-state index in [1.807, 2.05) is 18.5 Å². The van der Waals surface area contributed by atoms with Crippen molar-refractivity contribution in [3.63, 3.8) is 0 Å². The van der Waals surface area contributed by atoms with E-state index in [9.17, 15) is 0 Å². The zero-order valence-corrected chi connectivity index (χ0v) is 11.8. The molecule has 2 aromatic heterocycles. The molecule has 6 heteroatoms. The summed E-state index contributed by atoms with van der Waals surface area (Å²) < 4.78 is 1.06. The zero-order valence-electron chi connectivity index (χ0n) is 8.68. The number of imidazole rings is 1. The van der Waals surface area contributed by atoms with Crippen LogP contribution in [0.5, 0.6) is 0 Å². The Morgan fingerprint density at radius 3 is 3.06 bits per heavy atom. The van der Waals surface area contributed by atoms with E-state index in [4.69, 9.17) is 11.6 Å². The number of likely N-dealkylation sites (N-methyl/N-ethyl adjacent to an activating group) is 1. The highest BCUT2D eigenvalue weighted by atomic mass is 79.9. The summed E-state index contributed by atoms with van der Waals surface area (Å²) in [6.45, 7) is 0.886. The quantitative estimate of drug-likeness (QED) is 0.907. The van der Waals surface area contributed by atoms with Gasteiger partial charge >= 0.3 is 0 Å². The molecule has 0 radical (unpaired) electrons. The molecule has 0 saturated carbocycles. The molecule has 2 N–H and O–H groups in total.